The summed E-state index contributed by atoms with van der Waals surface area (Å²) in [6.07, 6.45) is 4.64. The second-order valence-corrected chi connectivity index (χ2v) is 16.6. The predicted molar refractivity (Wildman–Crippen MR) is 240 cm³/mol. The molecule has 0 spiro atoms. The number of aromatic nitrogens is 9. The van der Waals surface area contributed by atoms with Crippen molar-refractivity contribution < 1.29 is 19.0 Å². The van der Waals surface area contributed by atoms with Gasteiger partial charge in [0.25, 0.3) is 0 Å². The fourth-order valence-corrected chi connectivity index (χ4v) is 9.14. The maximum atomic E-state index is 13.3. The van der Waals surface area contributed by atoms with E-state index >= 15 is 0 Å². The molecule has 0 atom stereocenters. The van der Waals surface area contributed by atoms with Crippen LogP contribution in [0.4, 0.5) is 0 Å². The van der Waals surface area contributed by atoms with Crippen LogP contribution in [-0.4, -0.2) is 132 Å². The number of carbonyl (C=O) groups excluding carboxylic acids is 1. The van der Waals surface area contributed by atoms with E-state index in [1.54, 1.807) is 48.7 Å². The molecule has 1 aliphatic rings. The van der Waals surface area contributed by atoms with Gasteiger partial charge in [-0.2, -0.15) is 19.2 Å². The number of thiophene rings is 1. The van der Waals surface area contributed by atoms with Gasteiger partial charge in [-0.1, -0.05) is 24.3 Å². The summed E-state index contributed by atoms with van der Waals surface area (Å²) in [5.41, 5.74) is 5.34. The standard InChI is InChI=1S/C23H26N6O3S.C21H24N6O3/c1-15-19(13-26-8-10-27(11-9-26)16(2)30)33-22-20(15)21-24-14-25-29(21)23(31)28(22)12-17-4-6-18(32-3)7-5-17;1-25(8-9-29-2)12-16-10-18-19(22-11-16)26(21(28)27-20(18)23-14-24-27)13-15-4-6-17(30-3)7-5-15/h4-7,14H,8-13H2,1-3H3;4-7,10-11,14H,8-9,12-13H2,1-3H3. The summed E-state index contributed by atoms with van der Waals surface area (Å²) in [4.78, 5) is 59.8. The molecule has 0 aliphatic carbocycles. The quantitative estimate of drug-likeness (QED) is 0.164. The van der Waals surface area contributed by atoms with E-state index in [9.17, 15) is 14.4 Å². The van der Waals surface area contributed by atoms with E-state index in [-0.39, 0.29) is 17.3 Å². The number of likely N-dealkylation sites (N-methyl/N-ethyl adjacent to an activating group) is 1. The molecule has 1 saturated heterocycles. The first kappa shape index (κ1) is 43.1. The number of ether oxygens (including phenoxy) is 3. The lowest BCUT2D eigenvalue weighted by atomic mass is 10.2. The Morgan fingerprint density at radius 1 is 0.746 bits per heavy atom. The minimum atomic E-state index is -0.275. The second-order valence-electron chi connectivity index (χ2n) is 15.5. The third kappa shape index (κ3) is 9.03. The maximum Gasteiger partial charge on any atom is 0.352 e. The van der Waals surface area contributed by atoms with Crippen LogP contribution in [0.1, 0.15) is 34.1 Å². The number of nitrogens with zero attached hydrogens (tertiary/aromatic N) is 12. The number of aryl methyl sites for hydroxylation is 1. The molecule has 0 bridgehead atoms. The van der Waals surface area contributed by atoms with Crippen molar-refractivity contribution in [1.82, 2.24) is 58.0 Å². The largest absolute Gasteiger partial charge is 0.497 e. The van der Waals surface area contributed by atoms with Gasteiger partial charge in [-0.05, 0) is 66.6 Å². The first-order valence-electron chi connectivity index (χ1n) is 20.5. The second kappa shape index (κ2) is 18.8. The topological polar surface area (TPSA) is 172 Å². The molecule has 0 radical (unpaired) electrons. The number of amides is 1. The maximum absolute atomic E-state index is 13.3. The van der Waals surface area contributed by atoms with E-state index in [1.165, 1.54) is 26.6 Å². The monoisotopic (exact) mass is 874 g/mol. The number of pyridine rings is 1. The molecule has 63 heavy (non-hydrogen) atoms. The van der Waals surface area contributed by atoms with E-state index in [0.717, 1.165) is 88.6 Å². The first-order valence-corrected chi connectivity index (χ1v) is 21.3. The lowest BCUT2D eigenvalue weighted by Gasteiger charge is -2.34. The number of methoxy groups -OCH3 is 3. The molecule has 1 amide bonds. The van der Waals surface area contributed by atoms with Crippen molar-refractivity contribution in [3.05, 3.63) is 122 Å². The summed E-state index contributed by atoms with van der Waals surface area (Å²) in [5.74, 6) is 1.68. The average molecular weight is 875 g/mol. The highest BCUT2D eigenvalue weighted by molar-refractivity contribution is 7.19. The van der Waals surface area contributed by atoms with Gasteiger partial charge in [-0.25, -0.2) is 24.5 Å². The van der Waals surface area contributed by atoms with Crippen molar-refractivity contribution >= 4 is 49.8 Å². The Labute approximate surface area is 366 Å². The number of hydrogen-bond acceptors (Lipinski definition) is 14. The molecule has 0 N–H and O–H groups in total. The van der Waals surface area contributed by atoms with Gasteiger partial charge in [-0.3, -0.25) is 23.7 Å². The van der Waals surface area contributed by atoms with Crippen molar-refractivity contribution in [2.24, 2.45) is 0 Å². The van der Waals surface area contributed by atoms with Crippen LogP contribution in [0.15, 0.2) is 83.0 Å². The van der Waals surface area contributed by atoms with Crippen LogP contribution in [0.25, 0.3) is 32.5 Å². The van der Waals surface area contributed by atoms with Gasteiger partial charge >= 0.3 is 11.4 Å². The Bertz CT molecular complexity index is 3000. The molecule has 6 aromatic heterocycles. The Balaban J connectivity index is 0.000000174. The Morgan fingerprint density at radius 3 is 1.94 bits per heavy atom. The molecule has 2 aromatic carbocycles. The number of piperazine rings is 1. The minimum absolute atomic E-state index is 0.129. The molecule has 7 heterocycles. The van der Waals surface area contributed by atoms with Crippen LogP contribution in [0.2, 0.25) is 0 Å². The van der Waals surface area contributed by atoms with Crippen molar-refractivity contribution in [2.75, 3.05) is 67.7 Å². The average Bonchev–Trinajstić information content (AvgIpc) is 4.07. The van der Waals surface area contributed by atoms with Crippen molar-refractivity contribution in [3.8, 4) is 11.5 Å². The van der Waals surface area contributed by atoms with Crippen molar-refractivity contribution in [2.45, 2.75) is 40.0 Å². The van der Waals surface area contributed by atoms with E-state index < -0.39 is 0 Å². The molecule has 8 aromatic rings. The van der Waals surface area contributed by atoms with Crippen molar-refractivity contribution in [3.63, 3.8) is 0 Å². The molecular formula is C44H50N12O6S. The van der Waals surface area contributed by atoms with Gasteiger partial charge in [-0.15, -0.1) is 11.3 Å². The van der Waals surface area contributed by atoms with Crippen LogP contribution >= 0.6 is 11.3 Å². The highest BCUT2D eigenvalue weighted by Crippen LogP contribution is 2.34. The summed E-state index contributed by atoms with van der Waals surface area (Å²) < 4.78 is 21.7. The molecule has 19 heteroatoms. The Kier molecular flexibility index (Phi) is 12.9. The highest BCUT2D eigenvalue weighted by atomic mass is 32.1. The number of hydrogen-bond donors (Lipinski definition) is 0. The number of carbonyl (C=O) groups is 1. The normalized spacial score (nSPS) is 13.3. The zero-order valence-electron chi connectivity index (χ0n) is 36.2. The Hall–Kier alpha value is -6.54. The van der Waals surface area contributed by atoms with Crippen LogP contribution in [-0.2, 0) is 35.7 Å². The van der Waals surface area contributed by atoms with Gasteiger partial charge in [0.05, 0.1) is 44.7 Å². The summed E-state index contributed by atoms with van der Waals surface area (Å²) in [7, 11) is 6.98. The smallest absolute Gasteiger partial charge is 0.352 e. The number of fused-ring (bicyclic) bond motifs is 6. The zero-order chi connectivity index (χ0) is 44.2. The highest BCUT2D eigenvalue weighted by Gasteiger charge is 2.24. The van der Waals surface area contributed by atoms with Gasteiger partial charge in [0.2, 0.25) is 5.91 Å². The predicted octanol–water partition coefficient (Wildman–Crippen LogP) is 3.71. The lowest BCUT2D eigenvalue weighted by Crippen LogP contribution is -2.47. The lowest BCUT2D eigenvalue weighted by molar-refractivity contribution is -0.130. The molecule has 1 fully saturated rings. The first-order chi connectivity index (χ1) is 30.6. The van der Waals surface area contributed by atoms with E-state index in [0.29, 0.717) is 43.2 Å². The summed E-state index contributed by atoms with van der Waals surface area (Å²) in [6, 6.07) is 17.4. The third-order valence-electron chi connectivity index (χ3n) is 11.3. The fourth-order valence-electron chi connectivity index (χ4n) is 7.81. The molecule has 9 rings (SSSR count). The van der Waals surface area contributed by atoms with Gasteiger partial charge in [0.15, 0.2) is 11.3 Å². The molecular weight excluding hydrogens is 825 g/mol. The van der Waals surface area contributed by atoms with Crippen LogP contribution in [0.3, 0.4) is 0 Å². The molecule has 328 valence electrons. The molecule has 0 unspecified atom stereocenters. The fraction of sp³-hybridized carbons (Fsp3) is 0.364. The van der Waals surface area contributed by atoms with Gasteiger partial charge < -0.3 is 19.1 Å². The zero-order valence-corrected chi connectivity index (χ0v) is 37.0. The van der Waals surface area contributed by atoms with E-state index in [2.05, 4.69) is 41.9 Å². The Morgan fingerprint density at radius 2 is 1.33 bits per heavy atom. The van der Waals surface area contributed by atoms with Crippen LogP contribution in [0, 0.1) is 6.92 Å². The third-order valence-corrected chi connectivity index (χ3v) is 12.6. The summed E-state index contributed by atoms with van der Waals surface area (Å²) >= 11 is 1.65. The van der Waals surface area contributed by atoms with Crippen LogP contribution in [0.5, 0.6) is 11.5 Å². The van der Waals surface area contributed by atoms with Gasteiger partial charge in [0, 0.05) is 70.9 Å². The number of benzene rings is 2. The minimum Gasteiger partial charge on any atom is -0.497 e. The van der Waals surface area contributed by atoms with Crippen LogP contribution < -0.4 is 20.9 Å². The van der Waals surface area contributed by atoms with Crippen molar-refractivity contribution in [1.29, 1.82) is 0 Å². The number of rotatable bonds is 13. The van der Waals surface area contributed by atoms with E-state index in [1.807, 2.05) is 72.7 Å². The molecule has 0 saturated carbocycles. The molecule has 18 nitrogen and oxygen atoms in total. The molecule has 1 aliphatic heterocycles. The SMILES string of the molecule is COCCN(C)Cc1cnc2c(c1)c1ncnn1c(=O)n2Cc1ccc(OC)cc1.COc1ccc(Cn2c(=O)n3ncnc3c3c(C)c(CN4CCN(C(C)=O)CC4)sc32)cc1. The van der Waals surface area contributed by atoms with E-state index in [4.69, 9.17) is 14.2 Å². The summed E-state index contributed by atoms with van der Waals surface area (Å²) in [5, 5.41) is 10.1. The summed E-state index contributed by atoms with van der Waals surface area (Å²) in [6.45, 7) is 10.7. The van der Waals surface area contributed by atoms with Gasteiger partial charge in [0.1, 0.15) is 34.6 Å².